The summed E-state index contributed by atoms with van der Waals surface area (Å²) in [6.07, 6.45) is 2.14. The molecule has 0 atom stereocenters. The van der Waals surface area contributed by atoms with E-state index in [0.29, 0.717) is 17.0 Å². The fourth-order valence-electron chi connectivity index (χ4n) is 10.0. The summed E-state index contributed by atoms with van der Waals surface area (Å²) in [6.45, 7) is 22.3. The van der Waals surface area contributed by atoms with Crippen LogP contribution in [0.2, 0.25) is 0 Å². The van der Waals surface area contributed by atoms with Crippen LogP contribution in [0.25, 0.3) is 99.8 Å². The van der Waals surface area contributed by atoms with Gasteiger partial charge in [-0.25, -0.2) is 4.98 Å². The Morgan fingerprint density at radius 1 is 0.612 bits per heavy atom. The van der Waals surface area contributed by atoms with E-state index in [4.69, 9.17) is 14.4 Å². The molecule has 0 amide bonds. The Bertz CT molecular complexity index is 3710. The van der Waals surface area contributed by atoms with Crippen LogP contribution < -0.4 is 0 Å². The van der Waals surface area contributed by atoms with Crippen molar-refractivity contribution in [2.75, 3.05) is 0 Å². The monoisotopic (exact) mass is 1060 g/mol. The van der Waals surface area contributed by atoms with Gasteiger partial charge in [-0.1, -0.05) is 176 Å². The first kappa shape index (κ1) is 44.4. The number of phenols is 1. The summed E-state index contributed by atoms with van der Waals surface area (Å²) >= 11 is 0. The summed E-state index contributed by atoms with van der Waals surface area (Å²) in [4.78, 5) is 11.2. The van der Waals surface area contributed by atoms with Crippen LogP contribution in [0.5, 0.6) is 5.75 Å². The quantitative estimate of drug-likeness (QED) is 0.133. The molecular weight excluding hydrogens is 1000 g/mol. The number of phenolic OH excluding ortho intramolecular Hbond substituents is 1. The molecule has 0 aliphatic heterocycles. The van der Waals surface area contributed by atoms with Crippen LogP contribution in [-0.2, 0) is 31.9 Å². The van der Waals surface area contributed by atoms with E-state index in [1.165, 1.54) is 22.3 Å². The van der Waals surface area contributed by atoms with Crippen molar-refractivity contribution in [3.8, 4) is 45.2 Å². The maximum Gasteiger partial charge on any atom is 0.149 e. The van der Waals surface area contributed by atoms with Gasteiger partial charge in [0.1, 0.15) is 17.2 Å². The summed E-state index contributed by atoms with van der Waals surface area (Å²) in [5.41, 5.74) is 15.0. The molecule has 7 heteroatoms. The van der Waals surface area contributed by atoms with E-state index >= 15 is 0 Å². The number of aromatic nitrogens is 4. The van der Waals surface area contributed by atoms with E-state index < -0.39 is 0 Å². The number of hydrogen-bond donors (Lipinski definition) is 1. The van der Waals surface area contributed by atoms with E-state index in [1.807, 2.05) is 12.1 Å². The summed E-state index contributed by atoms with van der Waals surface area (Å²) in [5.74, 6) is 1.29. The molecule has 4 aromatic heterocycles. The fraction of sp³-hybridized carbons (Fsp3) is 0.233. The molecule has 0 fully saturated rings. The molecule has 6 nitrogen and oxygen atoms in total. The molecule has 0 spiro atoms. The molecule has 0 aliphatic carbocycles. The number of imidazole rings is 2. The van der Waals surface area contributed by atoms with Gasteiger partial charge in [0, 0.05) is 43.9 Å². The van der Waals surface area contributed by atoms with Gasteiger partial charge in [0.25, 0.3) is 0 Å². The Hall–Kier alpha value is -6.49. The van der Waals surface area contributed by atoms with Gasteiger partial charge >= 0.3 is 0 Å². The first-order valence-corrected chi connectivity index (χ1v) is 23.3. The molecule has 0 radical (unpaired) electrons. The van der Waals surface area contributed by atoms with Gasteiger partial charge < -0.3 is 13.9 Å². The number of furan rings is 1. The van der Waals surface area contributed by atoms with Gasteiger partial charge in [0.2, 0.25) is 0 Å². The zero-order valence-corrected chi connectivity index (χ0v) is 42.1. The van der Waals surface area contributed by atoms with Gasteiger partial charge in [0.05, 0.1) is 39.2 Å². The average molecular weight is 1060 g/mol. The average Bonchev–Trinajstić information content (AvgIpc) is 4.01. The zero-order chi connectivity index (χ0) is 46.0. The third-order valence-electron chi connectivity index (χ3n) is 13.5. The summed E-state index contributed by atoms with van der Waals surface area (Å²) in [5, 5.41) is 17.8. The van der Waals surface area contributed by atoms with Crippen molar-refractivity contribution in [2.45, 2.75) is 91.9 Å². The van der Waals surface area contributed by atoms with Crippen LogP contribution in [0.1, 0.15) is 103 Å². The molecule has 0 unspecified atom stereocenters. The number of nitrogens with zero attached hydrogens (tertiary/aromatic N) is 4. The van der Waals surface area contributed by atoms with Crippen molar-refractivity contribution in [1.82, 2.24) is 18.9 Å². The largest absolute Gasteiger partial charge is 0.507 e. The van der Waals surface area contributed by atoms with Gasteiger partial charge in [-0.3, -0.25) is 9.55 Å². The number of benzene rings is 7. The number of pyridine rings is 1. The predicted molar refractivity (Wildman–Crippen MR) is 274 cm³/mol. The molecule has 0 bridgehead atoms. The second-order valence-electron chi connectivity index (χ2n) is 20.8. The molecule has 338 valence electrons. The fourth-order valence-corrected chi connectivity index (χ4v) is 10.0. The summed E-state index contributed by atoms with van der Waals surface area (Å²) < 4.78 is 10.9. The third-order valence-corrected chi connectivity index (χ3v) is 13.5. The number of fused-ring (bicyclic) bond motifs is 10. The van der Waals surface area contributed by atoms with Crippen molar-refractivity contribution in [1.29, 1.82) is 0 Å². The van der Waals surface area contributed by atoms with Crippen LogP contribution in [0.4, 0.5) is 0 Å². The van der Waals surface area contributed by atoms with E-state index in [9.17, 15) is 5.11 Å². The molecule has 7 aromatic carbocycles. The number of para-hydroxylation sites is 3. The molecule has 0 saturated carbocycles. The van der Waals surface area contributed by atoms with Crippen LogP contribution in [-0.4, -0.2) is 24.0 Å². The first-order valence-electron chi connectivity index (χ1n) is 23.3. The smallest absolute Gasteiger partial charge is 0.149 e. The molecule has 4 heterocycles. The topological polar surface area (TPSA) is 68.5 Å². The molecule has 11 aromatic rings. The van der Waals surface area contributed by atoms with Gasteiger partial charge in [-0.2, -0.15) is 0 Å². The minimum Gasteiger partial charge on any atom is -0.507 e. The molecule has 0 aliphatic rings. The summed E-state index contributed by atoms with van der Waals surface area (Å²) in [7, 11) is 0. The maximum absolute atomic E-state index is 12.6. The Balaban J connectivity index is 0.00000525. The van der Waals surface area contributed by atoms with Gasteiger partial charge in [-0.05, 0) is 97.7 Å². The SMILES string of the molecule is CC(C)c1cc(-c2ccccc2)cc(C(C)C)c1-n1c(-c2cc(C(C)(C)C)cc(C(C)(C)C)c2O)nc2c(-c3cn4c5ccccc5c5cc6c([c-]c5c4n3)oc3ccccc36)cccc21.[Pt]. The van der Waals surface area contributed by atoms with Crippen molar-refractivity contribution in [3.05, 3.63) is 162 Å². The van der Waals surface area contributed by atoms with Crippen LogP contribution in [0, 0.1) is 6.07 Å². The maximum atomic E-state index is 12.6. The number of rotatable bonds is 6. The van der Waals surface area contributed by atoms with Crippen LogP contribution in [0.15, 0.2) is 138 Å². The van der Waals surface area contributed by atoms with Crippen LogP contribution >= 0.6 is 0 Å². The number of hydrogen-bond acceptors (Lipinski definition) is 4. The minimum absolute atomic E-state index is 0. The Kier molecular flexibility index (Phi) is 10.7. The Labute approximate surface area is 406 Å². The van der Waals surface area contributed by atoms with Crippen molar-refractivity contribution >= 4 is 60.3 Å². The molecular formula is C60H55N4O2Pt-. The molecule has 0 saturated heterocycles. The molecule has 67 heavy (non-hydrogen) atoms. The number of aromatic hydroxyl groups is 1. The predicted octanol–water partition coefficient (Wildman–Crippen LogP) is 16.2. The van der Waals surface area contributed by atoms with Gasteiger partial charge in [0.15, 0.2) is 0 Å². The first-order chi connectivity index (χ1) is 31.6. The molecule has 1 N–H and O–H groups in total. The Morgan fingerprint density at radius 2 is 1.27 bits per heavy atom. The van der Waals surface area contributed by atoms with E-state index in [2.05, 4.69) is 206 Å². The Morgan fingerprint density at radius 3 is 1.96 bits per heavy atom. The normalized spacial score (nSPS) is 12.5. The van der Waals surface area contributed by atoms with Gasteiger partial charge in [-0.15, -0.1) is 6.07 Å². The second-order valence-corrected chi connectivity index (χ2v) is 20.8. The van der Waals surface area contributed by atoms with Crippen molar-refractivity contribution < 1.29 is 30.6 Å². The van der Waals surface area contributed by atoms with Crippen molar-refractivity contribution in [3.63, 3.8) is 0 Å². The van der Waals surface area contributed by atoms with Crippen molar-refractivity contribution in [2.24, 2.45) is 0 Å². The second kappa shape index (κ2) is 16.1. The third kappa shape index (κ3) is 7.18. The van der Waals surface area contributed by atoms with E-state index in [-0.39, 0.29) is 49.5 Å². The van der Waals surface area contributed by atoms with Crippen LogP contribution in [0.3, 0.4) is 0 Å². The molecule has 11 rings (SSSR count). The summed E-state index contributed by atoms with van der Waals surface area (Å²) in [6, 6.07) is 48.8. The van der Waals surface area contributed by atoms with E-state index in [1.54, 1.807) is 0 Å². The van der Waals surface area contributed by atoms with E-state index in [0.717, 1.165) is 82.8 Å². The zero-order valence-electron chi connectivity index (χ0n) is 39.8. The minimum atomic E-state index is -0.335. The standard InChI is InChI=1S/C60H55N4O2.Pt/c1-34(2)42-27-37(36-19-12-11-13-20-36)28-43(35(3)4)55(42)64-51-25-18-23-41(54(51)62-58(64)47-29-38(59(5,6)7)30-48(56(47)65)60(8,9)10)49-33-63-50-24-16-14-21-39(50)44-31-45-40-22-15-17-26-52(40)66-53(45)32-46(44)57(63)61-49;/h11-31,33-35,65H,1-10H3;/q-1;.